The second kappa shape index (κ2) is 6.18. The van der Waals surface area contributed by atoms with Crippen LogP contribution in [0.1, 0.15) is 19.8 Å². The Morgan fingerprint density at radius 3 is 2.62 bits per heavy atom. The summed E-state index contributed by atoms with van der Waals surface area (Å²) in [5, 5.41) is 0. The third-order valence-corrected chi connectivity index (χ3v) is 3.18. The van der Waals surface area contributed by atoms with Gasteiger partial charge in [0.1, 0.15) is 6.61 Å². The molecule has 5 heteroatoms. The van der Waals surface area contributed by atoms with Crippen LogP contribution in [0.25, 0.3) is 0 Å². The molecule has 1 amide bonds. The molecule has 0 aromatic carbocycles. The molecular formula is C11H22N2O3. The van der Waals surface area contributed by atoms with Gasteiger partial charge in [-0.25, -0.2) is 0 Å². The first-order chi connectivity index (χ1) is 7.63. The van der Waals surface area contributed by atoms with Crippen LogP contribution in [0.4, 0.5) is 0 Å². The lowest BCUT2D eigenvalue weighted by atomic mass is 9.94. The number of nitrogens with two attached hydrogens (primary N) is 1. The number of carbonyl (C=O) groups excluding carboxylic acids is 1. The van der Waals surface area contributed by atoms with Gasteiger partial charge < -0.3 is 20.1 Å². The van der Waals surface area contributed by atoms with E-state index in [4.69, 9.17) is 15.2 Å². The summed E-state index contributed by atoms with van der Waals surface area (Å²) in [6, 6.07) is 0. The highest BCUT2D eigenvalue weighted by Gasteiger charge is 2.32. The van der Waals surface area contributed by atoms with E-state index in [-0.39, 0.29) is 18.1 Å². The van der Waals surface area contributed by atoms with Crippen molar-refractivity contribution >= 4 is 5.91 Å². The lowest BCUT2D eigenvalue weighted by Crippen LogP contribution is -2.47. The van der Waals surface area contributed by atoms with E-state index >= 15 is 0 Å². The molecule has 0 atom stereocenters. The van der Waals surface area contributed by atoms with Gasteiger partial charge in [0.05, 0.1) is 5.60 Å². The lowest BCUT2D eigenvalue weighted by Gasteiger charge is -2.36. The van der Waals surface area contributed by atoms with Crippen molar-refractivity contribution in [3.05, 3.63) is 0 Å². The Bertz CT molecular complexity index is 227. The van der Waals surface area contributed by atoms with Crippen molar-refractivity contribution in [2.24, 2.45) is 5.73 Å². The molecule has 0 unspecified atom stereocenters. The Kier molecular flexibility index (Phi) is 5.18. The zero-order valence-corrected chi connectivity index (χ0v) is 10.2. The van der Waals surface area contributed by atoms with Gasteiger partial charge in [0.25, 0.3) is 0 Å². The van der Waals surface area contributed by atoms with Gasteiger partial charge >= 0.3 is 0 Å². The number of rotatable bonds is 5. The number of amides is 1. The summed E-state index contributed by atoms with van der Waals surface area (Å²) < 4.78 is 11.0. The Labute approximate surface area is 96.9 Å². The van der Waals surface area contributed by atoms with Gasteiger partial charge in [0.2, 0.25) is 5.91 Å². The predicted molar refractivity (Wildman–Crippen MR) is 61.1 cm³/mol. The second-order valence-corrected chi connectivity index (χ2v) is 4.20. The van der Waals surface area contributed by atoms with E-state index in [9.17, 15) is 4.79 Å². The number of carbonyl (C=O) groups is 1. The molecule has 0 aliphatic carbocycles. The van der Waals surface area contributed by atoms with Gasteiger partial charge in [-0.2, -0.15) is 0 Å². The molecule has 1 fully saturated rings. The van der Waals surface area contributed by atoms with Crippen LogP contribution in [0, 0.1) is 0 Å². The monoisotopic (exact) mass is 230 g/mol. The predicted octanol–water partition coefficient (Wildman–Crippen LogP) is -0.0108. The van der Waals surface area contributed by atoms with E-state index in [0.717, 1.165) is 12.8 Å². The summed E-state index contributed by atoms with van der Waals surface area (Å²) in [6.45, 7) is 4.51. The number of hydrogen-bond acceptors (Lipinski definition) is 4. The van der Waals surface area contributed by atoms with E-state index in [0.29, 0.717) is 26.3 Å². The van der Waals surface area contributed by atoms with Crippen LogP contribution in [0.3, 0.4) is 0 Å². The molecular weight excluding hydrogens is 208 g/mol. The summed E-state index contributed by atoms with van der Waals surface area (Å²) in [6.07, 6.45) is 1.54. The van der Waals surface area contributed by atoms with E-state index < -0.39 is 0 Å². The first-order valence-electron chi connectivity index (χ1n) is 5.79. The standard InChI is InChI=1S/C11H22N2O3/c1-3-13(2)10(14)8-16-11(9-12)4-6-15-7-5-11/h3-9,12H2,1-2H3. The van der Waals surface area contributed by atoms with Gasteiger partial charge in [-0.05, 0) is 6.92 Å². The molecule has 0 saturated carbocycles. The molecule has 1 heterocycles. The highest BCUT2D eigenvalue weighted by molar-refractivity contribution is 5.77. The average molecular weight is 230 g/mol. The van der Waals surface area contributed by atoms with Gasteiger partial charge in [-0.3, -0.25) is 4.79 Å². The van der Waals surface area contributed by atoms with Crippen LogP contribution in [0.15, 0.2) is 0 Å². The molecule has 5 nitrogen and oxygen atoms in total. The largest absolute Gasteiger partial charge is 0.381 e. The molecule has 1 aliphatic heterocycles. The minimum atomic E-state index is -0.359. The molecule has 1 aliphatic rings. The van der Waals surface area contributed by atoms with Crippen molar-refractivity contribution < 1.29 is 14.3 Å². The second-order valence-electron chi connectivity index (χ2n) is 4.20. The summed E-state index contributed by atoms with van der Waals surface area (Å²) in [5.41, 5.74) is 5.37. The Morgan fingerprint density at radius 1 is 1.50 bits per heavy atom. The van der Waals surface area contributed by atoms with Gasteiger partial charge in [0.15, 0.2) is 0 Å². The number of hydrogen-bond donors (Lipinski definition) is 1. The van der Waals surface area contributed by atoms with E-state index in [2.05, 4.69) is 0 Å². The molecule has 1 rings (SSSR count). The maximum Gasteiger partial charge on any atom is 0.248 e. The fourth-order valence-electron chi connectivity index (χ4n) is 1.65. The van der Waals surface area contributed by atoms with Crippen LogP contribution >= 0.6 is 0 Å². The number of likely N-dealkylation sites (N-methyl/N-ethyl adjacent to an activating group) is 1. The van der Waals surface area contributed by atoms with Crippen LogP contribution < -0.4 is 5.73 Å². The van der Waals surface area contributed by atoms with Crippen LogP contribution in [0.5, 0.6) is 0 Å². The first-order valence-corrected chi connectivity index (χ1v) is 5.79. The van der Waals surface area contributed by atoms with Crippen molar-refractivity contribution in [1.82, 2.24) is 4.90 Å². The van der Waals surface area contributed by atoms with E-state index in [1.54, 1.807) is 11.9 Å². The van der Waals surface area contributed by atoms with Gasteiger partial charge in [-0.1, -0.05) is 0 Å². The average Bonchev–Trinajstić information content (AvgIpc) is 2.36. The summed E-state index contributed by atoms with van der Waals surface area (Å²) in [4.78, 5) is 13.2. The van der Waals surface area contributed by atoms with Crippen molar-refractivity contribution in [1.29, 1.82) is 0 Å². The van der Waals surface area contributed by atoms with Crippen LogP contribution in [0.2, 0.25) is 0 Å². The molecule has 0 spiro atoms. The van der Waals surface area contributed by atoms with Crippen LogP contribution in [-0.2, 0) is 14.3 Å². The highest BCUT2D eigenvalue weighted by atomic mass is 16.5. The molecule has 1 saturated heterocycles. The number of ether oxygens (including phenoxy) is 2. The fourth-order valence-corrected chi connectivity index (χ4v) is 1.65. The molecule has 0 radical (unpaired) electrons. The molecule has 0 bridgehead atoms. The molecule has 94 valence electrons. The minimum Gasteiger partial charge on any atom is -0.381 e. The van der Waals surface area contributed by atoms with E-state index in [1.165, 1.54) is 0 Å². The van der Waals surface area contributed by atoms with Crippen molar-refractivity contribution in [3.63, 3.8) is 0 Å². The zero-order chi connectivity index (χ0) is 12.0. The van der Waals surface area contributed by atoms with Crippen LogP contribution in [-0.4, -0.2) is 56.4 Å². The molecule has 16 heavy (non-hydrogen) atoms. The maximum absolute atomic E-state index is 11.6. The molecule has 0 aromatic heterocycles. The SMILES string of the molecule is CCN(C)C(=O)COC1(CN)CCOCC1. The smallest absolute Gasteiger partial charge is 0.248 e. The Balaban J connectivity index is 2.41. The summed E-state index contributed by atoms with van der Waals surface area (Å²) in [7, 11) is 1.77. The van der Waals surface area contributed by atoms with E-state index in [1.807, 2.05) is 6.92 Å². The first kappa shape index (κ1) is 13.4. The van der Waals surface area contributed by atoms with Crippen molar-refractivity contribution in [3.8, 4) is 0 Å². The highest BCUT2D eigenvalue weighted by Crippen LogP contribution is 2.23. The Morgan fingerprint density at radius 2 is 2.12 bits per heavy atom. The quantitative estimate of drug-likeness (QED) is 0.721. The summed E-state index contributed by atoms with van der Waals surface area (Å²) in [5.74, 6) is 0.00168. The third kappa shape index (κ3) is 3.43. The van der Waals surface area contributed by atoms with Crippen molar-refractivity contribution in [2.75, 3.05) is 40.0 Å². The van der Waals surface area contributed by atoms with Gasteiger partial charge in [-0.15, -0.1) is 0 Å². The van der Waals surface area contributed by atoms with Gasteiger partial charge in [0, 0.05) is 46.2 Å². The zero-order valence-electron chi connectivity index (χ0n) is 10.2. The topological polar surface area (TPSA) is 64.8 Å². The molecule has 2 N–H and O–H groups in total. The summed E-state index contributed by atoms with van der Waals surface area (Å²) >= 11 is 0. The fraction of sp³-hybridized carbons (Fsp3) is 0.909. The van der Waals surface area contributed by atoms with Crippen molar-refractivity contribution in [2.45, 2.75) is 25.4 Å². The normalized spacial score (nSPS) is 19.4. The third-order valence-electron chi connectivity index (χ3n) is 3.18. The Hall–Kier alpha value is -0.650. The maximum atomic E-state index is 11.6. The number of nitrogens with zero attached hydrogens (tertiary/aromatic N) is 1. The minimum absolute atomic E-state index is 0.00168. The molecule has 0 aromatic rings. The lowest BCUT2D eigenvalue weighted by molar-refractivity contribution is -0.149.